The first-order valence-electron chi connectivity index (χ1n) is 8.44. The Labute approximate surface area is 157 Å². The lowest BCUT2D eigenvalue weighted by Gasteiger charge is -2.18. The fourth-order valence-electron chi connectivity index (χ4n) is 2.41. The van der Waals surface area contributed by atoms with Crippen molar-refractivity contribution in [2.45, 2.75) is 13.8 Å². The van der Waals surface area contributed by atoms with Crippen molar-refractivity contribution in [1.29, 1.82) is 0 Å². The van der Waals surface area contributed by atoms with Crippen LogP contribution in [0.25, 0.3) is 0 Å². The van der Waals surface area contributed by atoms with Crippen molar-refractivity contribution in [2.75, 3.05) is 12.4 Å². The third kappa shape index (κ3) is 5.91. The molecule has 2 rings (SSSR count). The summed E-state index contributed by atoms with van der Waals surface area (Å²) in [6.45, 7) is 3.56. The third-order valence-corrected chi connectivity index (χ3v) is 3.85. The highest BCUT2D eigenvalue weighted by Crippen LogP contribution is 2.18. The van der Waals surface area contributed by atoms with Gasteiger partial charge in [0.25, 0.3) is 5.91 Å². The van der Waals surface area contributed by atoms with Gasteiger partial charge < -0.3 is 10.1 Å². The number of hydrazone groups is 1. The molecule has 0 radical (unpaired) electrons. The van der Waals surface area contributed by atoms with Crippen molar-refractivity contribution in [3.8, 4) is 5.75 Å². The highest BCUT2D eigenvalue weighted by molar-refractivity contribution is 6.06. The summed E-state index contributed by atoms with van der Waals surface area (Å²) in [7, 11) is 1.55. The maximum Gasteiger partial charge on any atom is 0.252 e. The van der Waals surface area contributed by atoms with Crippen LogP contribution in [0, 0.1) is 17.7 Å². The van der Waals surface area contributed by atoms with Gasteiger partial charge in [-0.1, -0.05) is 26.0 Å². The number of carbonyl (C=O) groups excluding carboxylic acids is 2. The Hall–Kier alpha value is -3.22. The van der Waals surface area contributed by atoms with E-state index in [0.717, 1.165) is 0 Å². The number of rotatable bonds is 7. The predicted octanol–water partition coefficient (Wildman–Crippen LogP) is 3.20. The zero-order valence-electron chi connectivity index (χ0n) is 15.4. The average Bonchev–Trinajstić information content (AvgIpc) is 2.64. The van der Waals surface area contributed by atoms with Gasteiger partial charge in [0.1, 0.15) is 17.5 Å². The minimum Gasteiger partial charge on any atom is -0.497 e. The van der Waals surface area contributed by atoms with E-state index >= 15 is 0 Å². The number of ether oxygens (including phenoxy) is 1. The van der Waals surface area contributed by atoms with Gasteiger partial charge in [0.05, 0.1) is 13.3 Å². The van der Waals surface area contributed by atoms with Crippen LogP contribution < -0.4 is 15.5 Å². The molecule has 0 saturated heterocycles. The van der Waals surface area contributed by atoms with E-state index in [2.05, 4.69) is 15.8 Å². The zero-order chi connectivity index (χ0) is 19.8. The lowest BCUT2D eigenvalue weighted by molar-refractivity contribution is -0.134. The van der Waals surface area contributed by atoms with E-state index in [1.807, 2.05) is 0 Å². The summed E-state index contributed by atoms with van der Waals surface area (Å²) in [5.74, 6) is -1.78. The molecule has 0 aromatic heterocycles. The van der Waals surface area contributed by atoms with Crippen molar-refractivity contribution < 1.29 is 18.7 Å². The number of hydrogen-bond acceptors (Lipinski definition) is 4. The highest BCUT2D eigenvalue weighted by atomic mass is 19.1. The van der Waals surface area contributed by atoms with Crippen LogP contribution in [-0.2, 0) is 9.59 Å². The van der Waals surface area contributed by atoms with Crippen molar-refractivity contribution in [3.63, 3.8) is 0 Å². The van der Waals surface area contributed by atoms with E-state index < -0.39 is 17.7 Å². The summed E-state index contributed by atoms with van der Waals surface area (Å²) in [6.07, 6.45) is 1.39. The molecule has 0 heterocycles. The van der Waals surface area contributed by atoms with E-state index in [-0.39, 0.29) is 11.7 Å². The normalized spacial score (nSPS) is 12.0. The van der Waals surface area contributed by atoms with Crippen LogP contribution >= 0.6 is 0 Å². The van der Waals surface area contributed by atoms with Crippen LogP contribution in [0.1, 0.15) is 19.4 Å². The van der Waals surface area contributed by atoms with Crippen LogP contribution in [0.3, 0.4) is 0 Å². The van der Waals surface area contributed by atoms with E-state index in [9.17, 15) is 14.0 Å². The molecule has 2 amide bonds. The predicted molar refractivity (Wildman–Crippen MR) is 102 cm³/mol. The van der Waals surface area contributed by atoms with Crippen LogP contribution in [0.15, 0.2) is 53.6 Å². The molecule has 1 unspecified atom stereocenters. The molecule has 0 bridgehead atoms. The second kappa shape index (κ2) is 9.47. The second-order valence-corrected chi connectivity index (χ2v) is 6.23. The van der Waals surface area contributed by atoms with Gasteiger partial charge in [-0.15, -0.1) is 0 Å². The number of methoxy groups -OCH3 is 1. The molecule has 0 fully saturated rings. The summed E-state index contributed by atoms with van der Waals surface area (Å²) in [5.41, 5.74) is 3.56. The van der Waals surface area contributed by atoms with Crippen molar-refractivity contribution in [1.82, 2.24) is 5.43 Å². The molecule has 7 heteroatoms. The maximum atomic E-state index is 12.9. The van der Waals surface area contributed by atoms with Gasteiger partial charge in [0, 0.05) is 5.69 Å². The Morgan fingerprint density at radius 3 is 2.22 bits per heavy atom. The lowest BCUT2D eigenvalue weighted by atomic mass is 9.94. The van der Waals surface area contributed by atoms with Crippen molar-refractivity contribution in [3.05, 3.63) is 59.9 Å². The second-order valence-electron chi connectivity index (χ2n) is 6.23. The summed E-state index contributed by atoms with van der Waals surface area (Å²) in [6, 6.07) is 12.5. The summed E-state index contributed by atoms with van der Waals surface area (Å²) < 4.78 is 17.9. The summed E-state index contributed by atoms with van der Waals surface area (Å²) in [4.78, 5) is 24.9. The highest BCUT2D eigenvalue weighted by Gasteiger charge is 2.29. The third-order valence-electron chi connectivity index (χ3n) is 3.85. The molecule has 1 atom stereocenters. The Kier molecular flexibility index (Phi) is 7.05. The fraction of sp³-hybridized carbons (Fsp3) is 0.250. The number of halogens is 1. The molecule has 2 N–H and O–H groups in total. The standard InChI is InChI=1S/C20H22FN3O3/c1-13(2)18(19(25)23-16-8-10-17(27-3)11-9-16)20(26)24-22-12-14-4-6-15(21)7-5-14/h4-13,18H,1-3H3,(H,23,25)(H,24,26). The Bertz CT molecular complexity index is 802. The molecule has 2 aromatic rings. The number of anilines is 1. The first-order chi connectivity index (χ1) is 12.9. The van der Waals surface area contributed by atoms with Gasteiger partial charge in [0.2, 0.25) is 5.91 Å². The maximum absolute atomic E-state index is 12.9. The van der Waals surface area contributed by atoms with E-state index in [4.69, 9.17) is 4.74 Å². The molecule has 142 valence electrons. The first kappa shape index (κ1) is 20.1. The number of amides is 2. The van der Waals surface area contributed by atoms with Crippen LogP contribution in [0.2, 0.25) is 0 Å². The molecule has 0 aliphatic carbocycles. The van der Waals surface area contributed by atoms with Crippen LogP contribution in [-0.4, -0.2) is 25.1 Å². The minimum absolute atomic E-state index is 0.232. The van der Waals surface area contributed by atoms with Gasteiger partial charge in [-0.25, -0.2) is 9.82 Å². The van der Waals surface area contributed by atoms with E-state index in [1.165, 1.54) is 30.5 Å². The largest absolute Gasteiger partial charge is 0.497 e. The summed E-state index contributed by atoms with van der Waals surface area (Å²) >= 11 is 0. The Morgan fingerprint density at radius 2 is 1.67 bits per heavy atom. The number of hydrogen-bond donors (Lipinski definition) is 2. The molecule has 6 nitrogen and oxygen atoms in total. The van der Waals surface area contributed by atoms with E-state index in [0.29, 0.717) is 17.0 Å². The minimum atomic E-state index is -0.919. The molecule has 27 heavy (non-hydrogen) atoms. The SMILES string of the molecule is COc1ccc(NC(=O)C(C(=O)NN=Cc2ccc(F)cc2)C(C)C)cc1. The lowest BCUT2D eigenvalue weighted by Crippen LogP contribution is -2.39. The van der Waals surface area contributed by atoms with Gasteiger partial charge in [-0.2, -0.15) is 5.10 Å². The molecule has 0 spiro atoms. The molecule has 0 aliphatic rings. The molecule has 2 aromatic carbocycles. The van der Waals surface area contributed by atoms with Gasteiger partial charge in [-0.3, -0.25) is 9.59 Å². The molecule has 0 aliphatic heterocycles. The molecule has 0 saturated carbocycles. The zero-order valence-corrected chi connectivity index (χ0v) is 15.4. The van der Waals surface area contributed by atoms with Gasteiger partial charge >= 0.3 is 0 Å². The van der Waals surface area contributed by atoms with Gasteiger partial charge in [0.15, 0.2) is 0 Å². The number of carbonyl (C=O) groups is 2. The quantitative estimate of drug-likeness (QED) is 0.446. The first-order valence-corrected chi connectivity index (χ1v) is 8.44. The average molecular weight is 371 g/mol. The topological polar surface area (TPSA) is 79.8 Å². The monoisotopic (exact) mass is 371 g/mol. The Balaban J connectivity index is 2.00. The number of nitrogens with zero attached hydrogens (tertiary/aromatic N) is 1. The Morgan fingerprint density at radius 1 is 1.04 bits per heavy atom. The van der Waals surface area contributed by atoms with Gasteiger partial charge in [-0.05, 0) is 47.9 Å². The van der Waals surface area contributed by atoms with Crippen LogP contribution in [0.5, 0.6) is 5.75 Å². The number of benzene rings is 2. The van der Waals surface area contributed by atoms with Crippen LogP contribution in [0.4, 0.5) is 10.1 Å². The fourth-order valence-corrected chi connectivity index (χ4v) is 2.41. The van der Waals surface area contributed by atoms with Crippen molar-refractivity contribution >= 4 is 23.7 Å². The molecular weight excluding hydrogens is 349 g/mol. The molecular formula is C20H22FN3O3. The smallest absolute Gasteiger partial charge is 0.252 e. The van der Waals surface area contributed by atoms with E-state index in [1.54, 1.807) is 45.2 Å². The van der Waals surface area contributed by atoms with Crippen molar-refractivity contribution in [2.24, 2.45) is 16.9 Å². The summed E-state index contributed by atoms with van der Waals surface area (Å²) in [5, 5.41) is 6.56. The number of nitrogens with one attached hydrogen (secondary N) is 2.